The van der Waals surface area contributed by atoms with Gasteiger partial charge in [-0.3, -0.25) is 4.98 Å². The summed E-state index contributed by atoms with van der Waals surface area (Å²) in [5.41, 5.74) is 8.59. The fourth-order valence-electron chi connectivity index (χ4n) is 2.20. The highest BCUT2D eigenvalue weighted by molar-refractivity contribution is 5.92. The van der Waals surface area contributed by atoms with Crippen LogP contribution in [0, 0.1) is 0 Å². The van der Waals surface area contributed by atoms with Crippen molar-refractivity contribution in [1.29, 1.82) is 0 Å². The molecule has 0 atom stereocenters. The average Bonchev–Trinajstić information content (AvgIpc) is 2.55. The first-order valence-electron chi connectivity index (χ1n) is 6.67. The molecular weight excluding hydrogens is 264 g/mol. The lowest BCUT2D eigenvalue weighted by Gasteiger charge is -2.10. The largest absolute Gasteiger partial charge is 0.497 e. The highest BCUT2D eigenvalue weighted by Gasteiger charge is 2.06. The van der Waals surface area contributed by atoms with E-state index in [-0.39, 0.29) is 0 Å². The summed E-state index contributed by atoms with van der Waals surface area (Å²) in [4.78, 5) is 4.40. The van der Waals surface area contributed by atoms with E-state index in [1.165, 1.54) is 0 Å². The summed E-state index contributed by atoms with van der Waals surface area (Å²) in [5, 5.41) is 0.952. The number of hydrogen-bond donors (Lipinski definition) is 1. The van der Waals surface area contributed by atoms with Crippen LogP contribution in [0.2, 0.25) is 0 Å². The molecule has 21 heavy (non-hydrogen) atoms. The first-order chi connectivity index (χ1) is 10.3. The normalized spacial score (nSPS) is 10.5. The van der Waals surface area contributed by atoms with Gasteiger partial charge in [-0.1, -0.05) is 6.07 Å². The minimum atomic E-state index is 0.445. The third-order valence-electron chi connectivity index (χ3n) is 3.34. The van der Waals surface area contributed by atoms with Crippen LogP contribution in [0.4, 0.5) is 5.69 Å². The lowest BCUT2D eigenvalue weighted by molar-refractivity contribution is 0.306. The Labute approximate surface area is 123 Å². The summed E-state index contributed by atoms with van der Waals surface area (Å²) in [6, 6.07) is 15.2. The van der Waals surface area contributed by atoms with Crippen molar-refractivity contribution in [1.82, 2.24) is 4.98 Å². The number of rotatable bonds is 4. The Morgan fingerprint density at radius 2 is 1.76 bits per heavy atom. The zero-order chi connectivity index (χ0) is 14.7. The lowest BCUT2D eigenvalue weighted by Crippen LogP contribution is -1.99. The molecule has 106 valence electrons. The summed E-state index contributed by atoms with van der Waals surface area (Å²) < 4.78 is 10.9. The smallest absolute Gasteiger partial charge is 0.120 e. The first-order valence-corrected chi connectivity index (χ1v) is 6.67. The van der Waals surface area contributed by atoms with Crippen LogP contribution in [0.1, 0.15) is 5.56 Å². The third-order valence-corrected chi connectivity index (χ3v) is 3.34. The molecule has 0 aliphatic rings. The highest BCUT2D eigenvalue weighted by Crippen LogP contribution is 2.24. The van der Waals surface area contributed by atoms with Crippen LogP contribution in [0.15, 0.2) is 54.7 Å². The van der Waals surface area contributed by atoms with Crippen molar-refractivity contribution in [3.05, 3.63) is 60.3 Å². The van der Waals surface area contributed by atoms with Gasteiger partial charge in [-0.15, -0.1) is 0 Å². The topological polar surface area (TPSA) is 57.4 Å². The summed E-state index contributed by atoms with van der Waals surface area (Å²) in [7, 11) is 1.64. The van der Waals surface area contributed by atoms with Crippen LogP contribution in [-0.4, -0.2) is 12.1 Å². The number of benzene rings is 2. The second-order valence-corrected chi connectivity index (χ2v) is 4.68. The standard InChI is InChI=1S/C17H16N2O2/c1-20-13-5-7-14(8-6-13)21-11-12-4-9-16(18)15-3-2-10-19-17(12)15/h2-10H,11,18H2,1H3. The van der Waals surface area contributed by atoms with Gasteiger partial charge in [0.2, 0.25) is 0 Å². The van der Waals surface area contributed by atoms with Crippen molar-refractivity contribution in [2.24, 2.45) is 0 Å². The SMILES string of the molecule is COc1ccc(OCc2ccc(N)c3cccnc23)cc1. The molecule has 1 heterocycles. The highest BCUT2D eigenvalue weighted by atomic mass is 16.5. The number of nitrogen functional groups attached to an aromatic ring is 1. The van der Waals surface area contributed by atoms with Crippen molar-refractivity contribution in [3.63, 3.8) is 0 Å². The van der Waals surface area contributed by atoms with E-state index < -0.39 is 0 Å². The molecule has 0 saturated carbocycles. The molecule has 0 amide bonds. The van der Waals surface area contributed by atoms with Gasteiger partial charge in [0.1, 0.15) is 18.1 Å². The van der Waals surface area contributed by atoms with Gasteiger partial charge in [0.05, 0.1) is 12.6 Å². The van der Waals surface area contributed by atoms with Gasteiger partial charge in [0.25, 0.3) is 0 Å². The van der Waals surface area contributed by atoms with E-state index in [2.05, 4.69) is 4.98 Å². The van der Waals surface area contributed by atoms with Gasteiger partial charge in [0.15, 0.2) is 0 Å². The summed E-state index contributed by atoms with van der Waals surface area (Å²) >= 11 is 0. The molecular formula is C17H16N2O2. The molecule has 4 heteroatoms. The van der Waals surface area contributed by atoms with Crippen LogP contribution in [0.3, 0.4) is 0 Å². The van der Waals surface area contributed by atoms with E-state index in [9.17, 15) is 0 Å². The molecule has 0 spiro atoms. The molecule has 3 aromatic rings. The maximum absolute atomic E-state index is 5.97. The Bertz CT molecular complexity index is 754. The van der Waals surface area contributed by atoms with Crippen LogP contribution < -0.4 is 15.2 Å². The Morgan fingerprint density at radius 1 is 1.00 bits per heavy atom. The second kappa shape index (κ2) is 5.71. The van der Waals surface area contributed by atoms with Gasteiger partial charge in [0, 0.05) is 22.8 Å². The van der Waals surface area contributed by atoms with Crippen molar-refractivity contribution in [3.8, 4) is 11.5 Å². The molecule has 1 aromatic heterocycles. The van der Waals surface area contributed by atoms with Gasteiger partial charge >= 0.3 is 0 Å². The predicted octanol–water partition coefficient (Wildman–Crippen LogP) is 3.40. The molecule has 3 rings (SSSR count). The summed E-state index contributed by atoms with van der Waals surface area (Å²) in [6.07, 6.45) is 1.76. The number of nitrogens with zero attached hydrogens (tertiary/aromatic N) is 1. The Hall–Kier alpha value is -2.75. The second-order valence-electron chi connectivity index (χ2n) is 4.68. The Kier molecular flexibility index (Phi) is 3.60. The molecule has 0 fully saturated rings. The number of methoxy groups -OCH3 is 1. The minimum Gasteiger partial charge on any atom is -0.497 e. The number of pyridine rings is 1. The third kappa shape index (κ3) is 2.74. The van der Waals surface area contributed by atoms with Gasteiger partial charge in [-0.25, -0.2) is 0 Å². The van der Waals surface area contributed by atoms with Gasteiger partial charge < -0.3 is 15.2 Å². The maximum atomic E-state index is 5.97. The van der Waals surface area contributed by atoms with E-state index in [4.69, 9.17) is 15.2 Å². The van der Waals surface area contributed by atoms with Gasteiger partial charge in [-0.05, 0) is 42.5 Å². The number of aromatic nitrogens is 1. The molecule has 0 saturated heterocycles. The Balaban J connectivity index is 1.83. The molecule has 0 bridgehead atoms. The molecule has 4 nitrogen and oxygen atoms in total. The van der Waals surface area contributed by atoms with Crippen molar-refractivity contribution < 1.29 is 9.47 Å². The predicted molar refractivity (Wildman–Crippen MR) is 83.5 cm³/mol. The van der Waals surface area contributed by atoms with E-state index in [0.717, 1.165) is 33.7 Å². The number of hydrogen-bond acceptors (Lipinski definition) is 4. The van der Waals surface area contributed by atoms with E-state index in [1.54, 1.807) is 13.3 Å². The van der Waals surface area contributed by atoms with Gasteiger partial charge in [-0.2, -0.15) is 0 Å². The van der Waals surface area contributed by atoms with Crippen LogP contribution >= 0.6 is 0 Å². The zero-order valence-corrected chi connectivity index (χ0v) is 11.7. The maximum Gasteiger partial charge on any atom is 0.120 e. The number of fused-ring (bicyclic) bond motifs is 1. The fourth-order valence-corrected chi connectivity index (χ4v) is 2.20. The zero-order valence-electron chi connectivity index (χ0n) is 11.7. The number of nitrogens with two attached hydrogens (primary N) is 1. The molecule has 0 unspecified atom stereocenters. The van der Waals surface area contributed by atoms with Crippen molar-refractivity contribution in [2.45, 2.75) is 6.61 Å². The summed E-state index contributed by atoms with van der Waals surface area (Å²) in [6.45, 7) is 0.445. The average molecular weight is 280 g/mol. The number of anilines is 1. The quantitative estimate of drug-likeness (QED) is 0.744. The van der Waals surface area contributed by atoms with Crippen LogP contribution in [-0.2, 0) is 6.61 Å². The Morgan fingerprint density at radius 3 is 2.52 bits per heavy atom. The van der Waals surface area contributed by atoms with E-state index in [1.807, 2.05) is 48.5 Å². The van der Waals surface area contributed by atoms with Crippen molar-refractivity contribution >= 4 is 16.6 Å². The first kappa shape index (κ1) is 13.2. The molecule has 0 aliphatic carbocycles. The monoisotopic (exact) mass is 280 g/mol. The van der Waals surface area contributed by atoms with Crippen LogP contribution in [0.5, 0.6) is 11.5 Å². The van der Waals surface area contributed by atoms with E-state index in [0.29, 0.717) is 6.61 Å². The number of ether oxygens (including phenoxy) is 2. The minimum absolute atomic E-state index is 0.445. The van der Waals surface area contributed by atoms with Crippen LogP contribution in [0.25, 0.3) is 10.9 Å². The molecule has 0 radical (unpaired) electrons. The lowest BCUT2D eigenvalue weighted by atomic mass is 10.1. The van der Waals surface area contributed by atoms with Crippen molar-refractivity contribution in [2.75, 3.05) is 12.8 Å². The molecule has 0 aliphatic heterocycles. The summed E-state index contributed by atoms with van der Waals surface area (Å²) in [5.74, 6) is 1.60. The molecule has 2 N–H and O–H groups in total. The fraction of sp³-hybridized carbons (Fsp3) is 0.118. The molecule has 2 aromatic carbocycles. The van der Waals surface area contributed by atoms with E-state index >= 15 is 0 Å².